The molecule has 158 valence electrons. The van der Waals surface area contributed by atoms with E-state index < -0.39 is 6.43 Å². The first kappa shape index (κ1) is 19.4. The van der Waals surface area contributed by atoms with Gasteiger partial charge < -0.3 is 15.1 Å². The van der Waals surface area contributed by atoms with Crippen LogP contribution in [0.2, 0.25) is 0 Å². The van der Waals surface area contributed by atoms with Gasteiger partial charge in [-0.1, -0.05) is 0 Å². The Hall–Kier alpha value is -2.61. The van der Waals surface area contributed by atoms with Crippen molar-refractivity contribution in [2.24, 2.45) is 5.92 Å². The third kappa shape index (κ3) is 3.33. The Labute approximate surface area is 174 Å². The van der Waals surface area contributed by atoms with Gasteiger partial charge in [0.15, 0.2) is 0 Å². The number of halogens is 2. The summed E-state index contributed by atoms with van der Waals surface area (Å²) in [6.07, 6.45) is 0.530. The zero-order valence-corrected chi connectivity index (χ0v) is 17.0. The summed E-state index contributed by atoms with van der Waals surface area (Å²) in [7, 11) is 0. The molecule has 30 heavy (non-hydrogen) atoms. The second-order valence-corrected chi connectivity index (χ2v) is 8.37. The predicted molar refractivity (Wildman–Crippen MR) is 108 cm³/mol. The Balaban J connectivity index is 1.30. The minimum atomic E-state index is -2.59. The maximum atomic E-state index is 13.2. The highest BCUT2D eigenvalue weighted by Gasteiger charge is 2.36. The Bertz CT molecular complexity index is 996. The largest absolute Gasteiger partial charge is 0.371 e. The fourth-order valence-electron chi connectivity index (χ4n) is 4.99. The third-order valence-corrected chi connectivity index (χ3v) is 6.56. The lowest BCUT2D eigenvalue weighted by molar-refractivity contribution is -0.135. The molecule has 1 N–H and O–H groups in total. The number of alkyl halides is 2. The maximum Gasteiger partial charge on any atom is 0.280 e. The average Bonchev–Trinajstić information content (AvgIpc) is 3.41. The highest BCUT2D eigenvalue weighted by Crippen LogP contribution is 2.33. The lowest BCUT2D eigenvalue weighted by atomic mass is 9.95. The van der Waals surface area contributed by atoms with Gasteiger partial charge in [-0.2, -0.15) is 0 Å². The molecule has 3 aliphatic rings. The van der Waals surface area contributed by atoms with Crippen molar-refractivity contribution in [3.05, 3.63) is 52.1 Å². The summed E-state index contributed by atoms with van der Waals surface area (Å²) >= 11 is 0. The molecule has 2 aromatic heterocycles. The Kier molecular flexibility index (Phi) is 4.89. The number of amides is 1. The van der Waals surface area contributed by atoms with Crippen LogP contribution in [0.4, 0.5) is 14.5 Å². The smallest absolute Gasteiger partial charge is 0.280 e. The summed E-state index contributed by atoms with van der Waals surface area (Å²) in [5.74, 6) is 0.00587. The fourth-order valence-corrected chi connectivity index (χ4v) is 4.99. The van der Waals surface area contributed by atoms with Crippen LogP contribution in [0.3, 0.4) is 0 Å². The van der Waals surface area contributed by atoms with Gasteiger partial charge in [0, 0.05) is 43.8 Å². The summed E-state index contributed by atoms with van der Waals surface area (Å²) < 4.78 is 25.9. The SMILES string of the molecule is Cc1nc2c(c3c1CCNC3)CN(C(=O)[C@@H]1CCN(c3ccnc(C(F)F)c3)C1)C2. The summed E-state index contributed by atoms with van der Waals surface area (Å²) in [4.78, 5) is 25.7. The van der Waals surface area contributed by atoms with Crippen molar-refractivity contribution in [1.82, 2.24) is 20.2 Å². The minimum absolute atomic E-state index is 0.127. The van der Waals surface area contributed by atoms with Crippen LogP contribution in [0.5, 0.6) is 0 Å². The predicted octanol–water partition coefficient (Wildman–Crippen LogP) is 2.74. The zero-order valence-electron chi connectivity index (χ0n) is 17.0. The van der Waals surface area contributed by atoms with E-state index in [1.54, 1.807) is 6.07 Å². The summed E-state index contributed by atoms with van der Waals surface area (Å²) in [5.41, 5.74) is 6.45. The summed E-state index contributed by atoms with van der Waals surface area (Å²) in [6, 6.07) is 3.16. The van der Waals surface area contributed by atoms with Crippen LogP contribution in [-0.2, 0) is 30.8 Å². The van der Waals surface area contributed by atoms with Crippen molar-refractivity contribution < 1.29 is 13.6 Å². The van der Waals surface area contributed by atoms with Gasteiger partial charge in [-0.25, -0.2) is 8.78 Å². The van der Waals surface area contributed by atoms with Crippen molar-refractivity contribution in [1.29, 1.82) is 0 Å². The van der Waals surface area contributed by atoms with Crippen LogP contribution in [0, 0.1) is 12.8 Å². The topological polar surface area (TPSA) is 61.4 Å². The van der Waals surface area contributed by atoms with Crippen LogP contribution in [-0.4, -0.2) is 40.4 Å². The van der Waals surface area contributed by atoms with E-state index >= 15 is 0 Å². The van der Waals surface area contributed by atoms with E-state index in [0.717, 1.165) is 37.3 Å². The molecule has 8 heteroatoms. The number of carbonyl (C=O) groups is 1. The number of pyridine rings is 2. The second kappa shape index (κ2) is 7.58. The first-order chi connectivity index (χ1) is 14.5. The van der Waals surface area contributed by atoms with Gasteiger partial charge in [0.2, 0.25) is 5.91 Å². The molecule has 5 rings (SSSR count). The Morgan fingerprint density at radius 2 is 2.13 bits per heavy atom. The number of hydrogen-bond donors (Lipinski definition) is 1. The summed E-state index contributed by atoms with van der Waals surface area (Å²) in [6.45, 7) is 6.28. The third-order valence-electron chi connectivity index (χ3n) is 6.56. The van der Waals surface area contributed by atoms with Crippen LogP contribution in [0.15, 0.2) is 18.3 Å². The molecule has 0 spiro atoms. The molecule has 3 aliphatic heterocycles. The van der Waals surface area contributed by atoms with Crippen LogP contribution in [0.1, 0.15) is 46.6 Å². The second-order valence-electron chi connectivity index (χ2n) is 8.37. The molecule has 1 saturated heterocycles. The van der Waals surface area contributed by atoms with Crippen LogP contribution < -0.4 is 10.2 Å². The van der Waals surface area contributed by atoms with Gasteiger partial charge in [-0.05, 0) is 55.1 Å². The van der Waals surface area contributed by atoms with Crippen molar-refractivity contribution >= 4 is 11.6 Å². The quantitative estimate of drug-likeness (QED) is 0.839. The Morgan fingerprint density at radius 3 is 2.97 bits per heavy atom. The molecule has 0 aromatic carbocycles. The lowest BCUT2D eigenvalue weighted by Gasteiger charge is -2.23. The molecule has 5 heterocycles. The standard InChI is InChI=1S/C22H25F2N5O/c1-13-16-3-5-25-9-17(16)18-11-29(12-20(18)27-13)22(30)14-4-7-28(10-14)15-2-6-26-19(8-15)21(23)24/h2,6,8,14,21,25H,3-5,7,9-12H2,1H3/t14-/m1/s1. The molecular weight excluding hydrogens is 388 g/mol. The number of nitrogens with zero attached hydrogens (tertiary/aromatic N) is 4. The normalized spacial score (nSPS) is 20.6. The molecule has 0 aliphatic carbocycles. The van der Waals surface area contributed by atoms with Gasteiger partial charge in [0.05, 0.1) is 18.2 Å². The van der Waals surface area contributed by atoms with E-state index in [1.807, 2.05) is 9.80 Å². The zero-order chi connectivity index (χ0) is 20.8. The van der Waals surface area contributed by atoms with Crippen LogP contribution in [0.25, 0.3) is 0 Å². The molecule has 6 nitrogen and oxygen atoms in total. The van der Waals surface area contributed by atoms with Crippen molar-refractivity contribution in [2.75, 3.05) is 24.5 Å². The Morgan fingerprint density at radius 1 is 1.27 bits per heavy atom. The first-order valence-electron chi connectivity index (χ1n) is 10.5. The van der Waals surface area contributed by atoms with E-state index in [-0.39, 0.29) is 17.5 Å². The highest BCUT2D eigenvalue weighted by atomic mass is 19.3. The molecule has 0 radical (unpaired) electrons. The number of fused-ring (bicyclic) bond motifs is 3. The molecule has 1 amide bonds. The van der Waals surface area contributed by atoms with E-state index in [1.165, 1.54) is 29.0 Å². The molecule has 0 saturated carbocycles. The average molecular weight is 413 g/mol. The highest BCUT2D eigenvalue weighted by molar-refractivity contribution is 5.81. The molecule has 0 unspecified atom stereocenters. The number of aryl methyl sites for hydroxylation is 1. The van der Waals surface area contributed by atoms with Crippen molar-refractivity contribution in [2.45, 2.75) is 45.8 Å². The number of rotatable bonds is 3. The van der Waals surface area contributed by atoms with E-state index in [4.69, 9.17) is 4.98 Å². The first-order valence-corrected chi connectivity index (χ1v) is 10.5. The number of hydrogen-bond acceptors (Lipinski definition) is 5. The number of carbonyl (C=O) groups excluding carboxylic acids is 1. The minimum Gasteiger partial charge on any atom is -0.371 e. The monoisotopic (exact) mass is 413 g/mol. The number of nitrogens with one attached hydrogen (secondary N) is 1. The molecule has 1 fully saturated rings. The molecule has 1 atom stereocenters. The van der Waals surface area contributed by atoms with Gasteiger partial charge in [-0.15, -0.1) is 0 Å². The van der Waals surface area contributed by atoms with E-state index in [9.17, 15) is 13.6 Å². The van der Waals surface area contributed by atoms with E-state index in [2.05, 4.69) is 17.2 Å². The van der Waals surface area contributed by atoms with Gasteiger partial charge in [-0.3, -0.25) is 14.8 Å². The van der Waals surface area contributed by atoms with Gasteiger partial charge >= 0.3 is 0 Å². The maximum absolute atomic E-state index is 13.2. The lowest BCUT2D eigenvalue weighted by Crippen LogP contribution is -2.34. The number of aromatic nitrogens is 2. The fraction of sp³-hybridized carbons (Fsp3) is 0.500. The van der Waals surface area contributed by atoms with Gasteiger partial charge in [0.25, 0.3) is 6.43 Å². The van der Waals surface area contributed by atoms with Crippen molar-refractivity contribution in [3.63, 3.8) is 0 Å². The van der Waals surface area contributed by atoms with E-state index in [0.29, 0.717) is 31.9 Å². The van der Waals surface area contributed by atoms with Crippen molar-refractivity contribution in [3.8, 4) is 0 Å². The summed E-state index contributed by atoms with van der Waals surface area (Å²) in [5, 5.41) is 3.44. The van der Waals surface area contributed by atoms with Gasteiger partial charge in [0.1, 0.15) is 5.69 Å². The molecule has 2 aromatic rings. The molecule has 0 bridgehead atoms. The number of anilines is 1. The van der Waals surface area contributed by atoms with Crippen LogP contribution >= 0.6 is 0 Å². The molecular formula is C22H25F2N5O.